The van der Waals surface area contributed by atoms with Crippen LogP contribution in [0.2, 0.25) is 5.22 Å². The fraction of sp³-hybridized carbons (Fsp3) is 0.583. The van der Waals surface area contributed by atoms with Gasteiger partial charge in [0.15, 0.2) is 0 Å². The molecule has 0 radical (unpaired) electrons. The summed E-state index contributed by atoms with van der Waals surface area (Å²) < 4.78 is 4.96. The number of halogens is 1. The van der Waals surface area contributed by atoms with E-state index in [1.54, 1.807) is 6.07 Å². The molecule has 2 fully saturated rings. The largest absolute Gasteiger partial charge is 0.452 e. The first-order valence-corrected chi connectivity index (χ1v) is 6.60. The second-order valence-corrected chi connectivity index (χ2v) is 5.09. The number of amides is 1. The van der Waals surface area contributed by atoms with E-state index in [2.05, 4.69) is 10.2 Å². The molecule has 3 rings (SSSR count). The lowest BCUT2D eigenvalue weighted by Gasteiger charge is -2.43. The van der Waals surface area contributed by atoms with Crippen LogP contribution in [-0.2, 0) is 0 Å². The van der Waals surface area contributed by atoms with Crippen LogP contribution in [0.1, 0.15) is 10.4 Å². The highest BCUT2D eigenvalue weighted by atomic mass is 35.5. The molecule has 0 bridgehead atoms. The van der Waals surface area contributed by atoms with E-state index < -0.39 is 0 Å². The number of nitrogens with zero attached hydrogens (tertiary/aromatic N) is 2. The van der Waals surface area contributed by atoms with Gasteiger partial charge in [0.2, 0.25) is 5.22 Å². The Balaban J connectivity index is 1.59. The van der Waals surface area contributed by atoms with E-state index in [0.717, 1.165) is 39.3 Å². The molecule has 3 heterocycles. The predicted octanol–water partition coefficient (Wildman–Crippen LogP) is 0.663. The molecule has 2 aliphatic rings. The number of rotatable bonds is 2. The molecule has 0 saturated carbocycles. The molecule has 6 heteroatoms. The third kappa shape index (κ3) is 2.13. The lowest BCUT2D eigenvalue weighted by atomic mass is 10.1. The number of hydrogen-bond acceptors (Lipinski definition) is 4. The van der Waals surface area contributed by atoms with Gasteiger partial charge in [-0.2, -0.15) is 0 Å². The van der Waals surface area contributed by atoms with Gasteiger partial charge in [-0.05, 0) is 17.7 Å². The van der Waals surface area contributed by atoms with E-state index in [1.165, 1.54) is 6.26 Å². The summed E-state index contributed by atoms with van der Waals surface area (Å²) in [7, 11) is 0. The molecule has 1 amide bonds. The first-order chi connectivity index (χ1) is 8.75. The van der Waals surface area contributed by atoms with E-state index >= 15 is 0 Å². The monoisotopic (exact) mass is 269 g/mol. The Morgan fingerprint density at radius 1 is 1.33 bits per heavy atom. The summed E-state index contributed by atoms with van der Waals surface area (Å²) in [5.41, 5.74) is 0.468. The molecular formula is C12H16ClN3O2. The quantitative estimate of drug-likeness (QED) is 0.857. The lowest BCUT2D eigenvalue weighted by Crippen LogP contribution is -2.62. The molecule has 2 aliphatic heterocycles. The Bertz CT molecular complexity index is 436. The third-order valence-electron chi connectivity index (χ3n) is 3.73. The highest BCUT2D eigenvalue weighted by Crippen LogP contribution is 2.20. The van der Waals surface area contributed by atoms with E-state index in [0.29, 0.717) is 11.6 Å². The van der Waals surface area contributed by atoms with E-state index in [9.17, 15) is 4.79 Å². The van der Waals surface area contributed by atoms with Crippen molar-refractivity contribution in [1.82, 2.24) is 15.1 Å². The van der Waals surface area contributed by atoms with Crippen LogP contribution < -0.4 is 5.32 Å². The average molecular weight is 270 g/mol. The average Bonchev–Trinajstić information content (AvgIpc) is 2.73. The van der Waals surface area contributed by atoms with Crippen molar-refractivity contribution in [3.8, 4) is 0 Å². The van der Waals surface area contributed by atoms with Gasteiger partial charge < -0.3 is 14.6 Å². The highest BCUT2D eigenvalue weighted by Gasteiger charge is 2.30. The maximum Gasteiger partial charge on any atom is 0.258 e. The minimum Gasteiger partial charge on any atom is -0.452 e. The summed E-state index contributed by atoms with van der Waals surface area (Å²) >= 11 is 5.83. The summed E-state index contributed by atoms with van der Waals surface area (Å²) in [6.07, 6.45) is 1.45. The summed E-state index contributed by atoms with van der Waals surface area (Å²) in [6, 6.07) is 2.28. The smallest absolute Gasteiger partial charge is 0.258 e. The molecule has 18 heavy (non-hydrogen) atoms. The number of nitrogens with one attached hydrogen (secondary N) is 1. The van der Waals surface area contributed by atoms with Crippen molar-refractivity contribution in [3.63, 3.8) is 0 Å². The van der Waals surface area contributed by atoms with Gasteiger partial charge in [-0.25, -0.2) is 0 Å². The SMILES string of the molecule is O=C(c1ccoc1Cl)N1CCN(C2CNC2)CC1. The Morgan fingerprint density at radius 2 is 2.06 bits per heavy atom. The second-order valence-electron chi connectivity index (χ2n) is 4.75. The van der Waals surface area contributed by atoms with Crippen molar-refractivity contribution in [1.29, 1.82) is 0 Å². The number of carbonyl (C=O) groups is 1. The van der Waals surface area contributed by atoms with E-state index in [1.807, 2.05) is 4.90 Å². The molecule has 0 aromatic carbocycles. The molecule has 1 aromatic heterocycles. The minimum atomic E-state index is -0.0277. The Morgan fingerprint density at radius 3 is 2.56 bits per heavy atom. The maximum atomic E-state index is 12.2. The van der Waals surface area contributed by atoms with Gasteiger partial charge in [-0.1, -0.05) is 0 Å². The van der Waals surface area contributed by atoms with Crippen LogP contribution in [-0.4, -0.2) is 61.0 Å². The molecule has 5 nitrogen and oxygen atoms in total. The Kier molecular flexibility index (Phi) is 3.28. The van der Waals surface area contributed by atoms with Crippen molar-refractivity contribution in [3.05, 3.63) is 23.1 Å². The zero-order valence-corrected chi connectivity index (χ0v) is 10.8. The van der Waals surface area contributed by atoms with Crippen LogP contribution in [0.4, 0.5) is 0 Å². The fourth-order valence-electron chi connectivity index (χ4n) is 2.44. The highest BCUT2D eigenvalue weighted by molar-refractivity contribution is 6.32. The molecular weight excluding hydrogens is 254 g/mol. The molecule has 1 aromatic rings. The number of furan rings is 1. The first-order valence-electron chi connectivity index (χ1n) is 6.23. The lowest BCUT2D eigenvalue weighted by molar-refractivity contribution is 0.0501. The van der Waals surface area contributed by atoms with Gasteiger partial charge in [-0.15, -0.1) is 0 Å². The standard InChI is InChI=1S/C12H16ClN3O2/c13-11-10(1-6-18-11)12(17)16-4-2-15(3-5-16)9-7-14-8-9/h1,6,9,14H,2-5,7-8H2. The van der Waals surface area contributed by atoms with Crippen molar-refractivity contribution < 1.29 is 9.21 Å². The van der Waals surface area contributed by atoms with Crippen LogP contribution in [0.5, 0.6) is 0 Å². The van der Waals surface area contributed by atoms with Crippen molar-refractivity contribution >= 4 is 17.5 Å². The van der Waals surface area contributed by atoms with Gasteiger partial charge >= 0.3 is 0 Å². The molecule has 0 aliphatic carbocycles. The third-order valence-corrected chi connectivity index (χ3v) is 4.02. The zero-order chi connectivity index (χ0) is 12.5. The first kappa shape index (κ1) is 12.0. The normalized spacial score (nSPS) is 21.9. The summed E-state index contributed by atoms with van der Waals surface area (Å²) in [6.45, 7) is 5.54. The zero-order valence-electron chi connectivity index (χ0n) is 10.1. The van der Waals surface area contributed by atoms with Crippen LogP contribution in [0.25, 0.3) is 0 Å². The van der Waals surface area contributed by atoms with Crippen molar-refractivity contribution in [2.24, 2.45) is 0 Å². The Hall–Kier alpha value is -1.04. The summed E-state index contributed by atoms with van der Waals surface area (Å²) in [5, 5.41) is 3.46. The predicted molar refractivity (Wildman–Crippen MR) is 67.9 cm³/mol. The van der Waals surface area contributed by atoms with Gasteiger partial charge in [0.25, 0.3) is 5.91 Å². The molecule has 0 atom stereocenters. The van der Waals surface area contributed by atoms with E-state index in [4.69, 9.17) is 16.0 Å². The summed E-state index contributed by atoms with van der Waals surface area (Å²) in [5.74, 6) is -0.0277. The van der Waals surface area contributed by atoms with Crippen LogP contribution in [0, 0.1) is 0 Å². The Labute approximate surface area is 111 Å². The van der Waals surface area contributed by atoms with Gasteiger partial charge in [0, 0.05) is 45.3 Å². The van der Waals surface area contributed by atoms with Gasteiger partial charge in [0.05, 0.1) is 11.8 Å². The number of carbonyl (C=O) groups excluding carboxylic acids is 1. The van der Waals surface area contributed by atoms with Gasteiger partial charge in [-0.3, -0.25) is 9.69 Å². The van der Waals surface area contributed by atoms with Crippen molar-refractivity contribution in [2.45, 2.75) is 6.04 Å². The van der Waals surface area contributed by atoms with Crippen LogP contribution >= 0.6 is 11.6 Å². The molecule has 2 saturated heterocycles. The van der Waals surface area contributed by atoms with Crippen LogP contribution in [0.3, 0.4) is 0 Å². The fourth-order valence-corrected chi connectivity index (χ4v) is 2.63. The molecule has 98 valence electrons. The summed E-state index contributed by atoms with van der Waals surface area (Å²) in [4.78, 5) is 16.5. The van der Waals surface area contributed by atoms with Crippen molar-refractivity contribution in [2.75, 3.05) is 39.3 Å². The number of piperazine rings is 1. The van der Waals surface area contributed by atoms with Gasteiger partial charge in [0.1, 0.15) is 0 Å². The van der Waals surface area contributed by atoms with E-state index in [-0.39, 0.29) is 11.1 Å². The minimum absolute atomic E-state index is 0.0277. The second kappa shape index (κ2) is 4.91. The maximum absolute atomic E-state index is 12.2. The number of hydrogen-bond donors (Lipinski definition) is 1. The molecule has 0 unspecified atom stereocenters. The molecule has 0 spiro atoms. The van der Waals surface area contributed by atoms with Crippen LogP contribution in [0.15, 0.2) is 16.7 Å². The topological polar surface area (TPSA) is 48.7 Å². The molecule has 1 N–H and O–H groups in total.